The smallest absolute Gasteiger partial charge is 0.126 e. The summed E-state index contributed by atoms with van der Waals surface area (Å²) in [6.45, 7) is 6.45. The molecule has 0 aliphatic carbocycles. The van der Waals surface area contributed by atoms with Crippen molar-refractivity contribution < 1.29 is 4.39 Å². The lowest BCUT2D eigenvalue weighted by Crippen LogP contribution is -2.31. The molecule has 0 saturated heterocycles. The second-order valence-corrected chi connectivity index (χ2v) is 5.66. The summed E-state index contributed by atoms with van der Waals surface area (Å²) in [6, 6.07) is 11.6. The normalized spacial score (nSPS) is 12.3. The van der Waals surface area contributed by atoms with Gasteiger partial charge in [-0.05, 0) is 49.6 Å². The molecule has 2 nitrogen and oxygen atoms in total. The standard InChI is InChI=1S/C18H23FN2/c1-12-5-8-17(14(3)9-12)21(4)18(11-20)15-6-7-16(19)13(2)10-15/h5-10,18H,11,20H2,1-4H3. The number of anilines is 1. The molecule has 0 heterocycles. The van der Waals surface area contributed by atoms with Crippen molar-refractivity contribution in [3.8, 4) is 0 Å². The monoisotopic (exact) mass is 286 g/mol. The van der Waals surface area contributed by atoms with Crippen LogP contribution in [0.15, 0.2) is 36.4 Å². The molecule has 0 saturated carbocycles. The molecule has 1 unspecified atom stereocenters. The highest BCUT2D eigenvalue weighted by Gasteiger charge is 2.18. The molecular weight excluding hydrogens is 263 g/mol. The minimum Gasteiger partial charge on any atom is -0.366 e. The lowest BCUT2D eigenvalue weighted by atomic mass is 10.0. The largest absolute Gasteiger partial charge is 0.366 e. The molecule has 112 valence electrons. The van der Waals surface area contributed by atoms with Crippen LogP contribution in [-0.4, -0.2) is 13.6 Å². The Bertz CT molecular complexity index is 637. The zero-order valence-corrected chi connectivity index (χ0v) is 13.2. The number of aryl methyl sites for hydroxylation is 3. The van der Waals surface area contributed by atoms with E-state index in [4.69, 9.17) is 5.73 Å². The van der Waals surface area contributed by atoms with Crippen molar-refractivity contribution in [2.75, 3.05) is 18.5 Å². The average Bonchev–Trinajstić information content (AvgIpc) is 2.43. The van der Waals surface area contributed by atoms with E-state index in [2.05, 4.69) is 36.9 Å². The quantitative estimate of drug-likeness (QED) is 0.924. The van der Waals surface area contributed by atoms with Gasteiger partial charge in [0.1, 0.15) is 5.82 Å². The number of nitrogens with zero attached hydrogens (tertiary/aromatic N) is 1. The SMILES string of the molecule is Cc1ccc(N(C)C(CN)c2ccc(F)c(C)c2)c(C)c1. The number of hydrogen-bond acceptors (Lipinski definition) is 2. The summed E-state index contributed by atoms with van der Waals surface area (Å²) in [7, 11) is 2.04. The van der Waals surface area contributed by atoms with Gasteiger partial charge in [-0.1, -0.05) is 29.8 Å². The Kier molecular flexibility index (Phi) is 4.63. The highest BCUT2D eigenvalue weighted by molar-refractivity contribution is 5.55. The van der Waals surface area contributed by atoms with Gasteiger partial charge in [0, 0.05) is 19.3 Å². The summed E-state index contributed by atoms with van der Waals surface area (Å²) in [6.07, 6.45) is 0. The van der Waals surface area contributed by atoms with Crippen LogP contribution in [0.4, 0.5) is 10.1 Å². The van der Waals surface area contributed by atoms with Gasteiger partial charge in [0.2, 0.25) is 0 Å². The Labute approximate surface area is 126 Å². The first-order valence-electron chi connectivity index (χ1n) is 7.20. The van der Waals surface area contributed by atoms with E-state index in [1.165, 1.54) is 17.2 Å². The Hall–Kier alpha value is -1.87. The Balaban J connectivity index is 2.37. The van der Waals surface area contributed by atoms with Gasteiger partial charge in [0.25, 0.3) is 0 Å². The van der Waals surface area contributed by atoms with Gasteiger partial charge in [0.05, 0.1) is 6.04 Å². The van der Waals surface area contributed by atoms with E-state index in [1.54, 1.807) is 6.92 Å². The van der Waals surface area contributed by atoms with Crippen molar-refractivity contribution in [1.29, 1.82) is 0 Å². The van der Waals surface area contributed by atoms with Crippen molar-refractivity contribution in [2.45, 2.75) is 26.8 Å². The minimum absolute atomic E-state index is 0.0331. The predicted octanol–water partition coefficient (Wildman–Crippen LogP) is 3.89. The van der Waals surface area contributed by atoms with Gasteiger partial charge in [-0.2, -0.15) is 0 Å². The van der Waals surface area contributed by atoms with Crippen LogP contribution in [0, 0.1) is 26.6 Å². The molecule has 0 bridgehead atoms. The van der Waals surface area contributed by atoms with Crippen molar-refractivity contribution in [3.05, 3.63) is 64.5 Å². The topological polar surface area (TPSA) is 29.3 Å². The lowest BCUT2D eigenvalue weighted by Gasteiger charge is -2.31. The molecule has 3 heteroatoms. The van der Waals surface area contributed by atoms with Crippen LogP contribution in [-0.2, 0) is 0 Å². The van der Waals surface area contributed by atoms with E-state index in [9.17, 15) is 4.39 Å². The summed E-state index contributed by atoms with van der Waals surface area (Å²) < 4.78 is 13.5. The van der Waals surface area contributed by atoms with Crippen molar-refractivity contribution in [2.24, 2.45) is 5.73 Å². The molecule has 2 N–H and O–H groups in total. The summed E-state index contributed by atoms with van der Waals surface area (Å²) in [4.78, 5) is 2.17. The molecule has 0 fully saturated rings. The molecule has 2 aromatic rings. The molecule has 1 atom stereocenters. The van der Waals surface area contributed by atoms with Crippen LogP contribution in [0.2, 0.25) is 0 Å². The zero-order chi connectivity index (χ0) is 15.6. The average molecular weight is 286 g/mol. The second kappa shape index (κ2) is 6.27. The van der Waals surface area contributed by atoms with E-state index in [-0.39, 0.29) is 11.9 Å². The van der Waals surface area contributed by atoms with Crippen LogP contribution in [0.5, 0.6) is 0 Å². The van der Waals surface area contributed by atoms with E-state index in [1.807, 2.05) is 19.2 Å². The van der Waals surface area contributed by atoms with E-state index in [0.717, 1.165) is 11.3 Å². The second-order valence-electron chi connectivity index (χ2n) is 5.66. The third-order valence-electron chi connectivity index (χ3n) is 3.99. The number of rotatable bonds is 4. The Morgan fingerprint density at radius 1 is 1.05 bits per heavy atom. The fraction of sp³-hybridized carbons (Fsp3) is 0.333. The van der Waals surface area contributed by atoms with Gasteiger partial charge >= 0.3 is 0 Å². The summed E-state index contributed by atoms with van der Waals surface area (Å²) in [5.74, 6) is -0.177. The Morgan fingerprint density at radius 2 is 1.76 bits per heavy atom. The van der Waals surface area contributed by atoms with Crippen LogP contribution in [0.3, 0.4) is 0 Å². The molecule has 0 aliphatic rings. The molecule has 2 rings (SSSR count). The van der Waals surface area contributed by atoms with E-state index < -0.39 is 0 Å². The molecule has 0 amide bonds. The summed E-state index contributed by atoms with van der Waals surface area (Å²) >= 11 is 0. The highest BCUT2D eigenvalue weighted by atomic mass is 19.1. The van der Waals surface area contributed by atoms with Crippen molar-refractivity contribution >= 4 is 5.69 Å². The first-order chi connectivity index (χ1) is 9.93. The third kappa shape index (κ3) is 3.24. The van der Waals surface area contributed by atoms with Crippen LogP contribution in [0.1, 0.15) is 28.3 Å². The Morgan fingerprint density at radius 3 is 2.33 bits per heavy atom. The molecule has 21 heavy (non-hydrogen) atoms. The van der Waals surface area contributed by atoms with E-state index in [0.29, 0.717) is 12.1 Å². The molecule has 0 aromatic heterocycles. The molecular formula is C18H23FN2. The van der Waals surface area contributed by atoms with Gasteiger partial charge < -0.3 is 10.6 Å². The fourth-order valence-electron chi connectivity index (χ4n) is 2.76. The number of benzene rings is 2. The van der Waals surface area contributed by atoms with Gasteiger partial charge in [-0.25, -0.2) is 4.39 Å². The van der Waals surface area contributed by atoms with Crippen molar-refractivity contribution in [3.63, 3.8) is 0 Å². The van der Waals surface area contributed by atoms with Crippen LogP contribution < -0.4 is 10.6 Å². The molecule has 2 aromatic carbocycles. The van der Waals surface area contributed by atoms with Crippen molar-refractivity contribution in [1.82, 2.24) is 0 Å². The molecule has 0 spiro atoms. The maximum Gasteiger partial charge on any atom is 0.126 e. The lowest BCUT2D eigenvalue weighted by molar-refractivity contribution is 0.613. The maximum atomic E-state index is 13.5. The number of likely N-dealkylation sites (N-methyl/N-ethyl adjacent to an activating group) is 1. The molecule has 0 radical (unpaired) electrons. The fourth-order valence-corrected chi connectivity index (χ4v) is 2.76. The zero-order valence-electron chi connectivity index (χ0n) is 13.2. The van der Waals surface area contributed by atoms with Gasteiger partial charge in [-0.3, -0.25) is 0 Å². The number of hydrogen-bond donors (Lipinski definition) is 1. The molecule has 0 aliphatic heterocycles. The maximum absolute atomic E-state index is 13.5. The van der Waals surface area contributed by atoms with Crippen LogP contribution in [0.25, 0.3) is 0 Å². The third-order valence-corrected chi connectivity index (χ3v) is 3.99. The minimum atomic E-state index is -0.177. The van der Waals surface area contributed by atoms with E-state index >= 15 is 0 Å². The van der Waals surface area contributed by atoms with Crippen LogP contribution >= 0.6 is 0 Å². The highest BCUT2D eigenvalue weighted by Crippen LogP contribution is 2.29. The predicted molar refractivity (Wildman–Crippen MR) is 87.3 cm³/mol. The first-order valence-corrected chi connectivity index (χ1v) is 7.20. The first kappa shape index (κ1) is 15.5. The number of nitrogens with two attached hydrogens (primary N) is 1. The van der Waals surface area contributed by atoms with Gasteiger partial charge in [-0.15, -0.1) is 0 Å². The van der Waals surface area contributed by atoms with Gasteiger partial charge in [0.15, 0.2) is 0 Å². The summed E-state index contributed by atoms with van der Waals surface area (Å²) in [5.41, 5.74) is 11.3. The number of halogens is 1. The summed E-state index contributed by atoms with van der Waals surface area (Å²) in [5, 5.41) is 0.